The van der Waals surface area contributed by atoms with Gasteiger partial charge in [0.05, 0.1) is 0 Å². The molecule has 0 spiro atoms. The molecule has 6 heteroatoms. The number of rotatable bonds is 8. The van der Waals surface area contributed by atoms with Gasteiger partial charge in [-0.3, -0.25) is 0 Å². The van der Waals surface area contributed by atoms with Crippen molar-refractivity contribution in [2.45, 2.75) is 26.1 Å². The van der Waals surface area contributed by atoms with Gasteiger partial charge in [0.1, 0.15) is 6.61 Å². The van der Waals surface area contributed by atoms with E-state index in [0.29, 0.717) is 13.2 Å². The van der Waals surface area contributed by atoms with Gasteiger partial charge in [-0.1, -0.05) is 25.5 Å². The lowest BCUT2D eigenvalue weighted by Crippen LogP contribution is -2.22. The van der Waals surface area contributed by atoms with Crippen molar-refractivity contribution in [1.29, 1.82) is 0 Å². The van der Waals surface area contributed by atoms with Crippen LogP contribution in [-0.4, -0.2) is 26.1 Å². The maximum atomic E-state index is 12.2. The third kappa shape index (κ3) is 6.91. The summed E-state index contributed by atoms with van der Waals surface area (Å²) in [5.74, 6) is -0.222. The van der Waals surface area contributed by atoms with E-state index in [1.54, 1.807) is 6.07 Å². The van der Waals surface area contributed by atoms with Crippen molar-refractivity contribution in [1.82, 2.24) is 5.32 Å². The highest BCUT2D eigenvalue weighted by Crippen LogP contribution is 2.31. The van der Waals surface area contributed by atoms with Crippen molar-refractivity contribution >= 4 is 0 Å². The lowest BCUT2D eigenvalue weighted by molar-refractivity contribution is -0.275. The van der Waals surface area contributed by atoms with Gasteiger partial charge in [0.15, 0.2) is 11.5 Å². The Morgan fingerprint density at radius 3 is 2.42 bits per heavy atom. The van der Waals surface area contributed by atoms with Crippen LogP contribution in [0.15, 0.2) is 24.3 Å². The van der Waals surface area contributed by atoms with E-state index in [-0.39, 0.29) is 11.5 Å². The summed E-state index contributed by atoms with van der Waals surface area (Å²) < 4.78 is 45.6. The van der Waals surface area contributed by atoms with Gasteiger partial charge in [-0.05, 0) is 25.1 Å². The van der Waals surface area contributed by atoms with Crippen molar-refractivity contribution in [3.8, 4) is 11.5 Å². The van der Waals surface area contributed by atoms with Crippen LogP contribution in [0.25, 0.3) is 0 Å². The van der Waals surface area contributed by atoms with Crippen LogP contribution in [0.5, 0.6) is 11.5 Å². The molecule has 0 fully saturated rings. The first-order valence-electron chi connectivity index (χ1n) is 6.21. The molecule has 1 rings (SSSR count). The molecule has 1 aromatic carbocycles. The summed E-state index contributed by atoms with van der Waals surface area (Å²) in [6.45, 7) is 3.84. The molecule has 108 valence electrons. The highest BCUT2D eigenvalue weighted by molar-refractivity contribution is 5.39. The quantitative estimate of drug-likeness (QED) is 0.739. The molecule has 0 unspecified atom stereocenters. The van der Waals surface area contributed by atoms with Gasteiger partial charge < -0.3 is 14.8 Å². The molecule has 0 radical (unpaired) electrons. The average molecular weight is 277 g/mol. The summed E-state index contributed by atoms with van der Waals surface area (Å²) in [6, 6.07) is 5.75. The van der Waals surface area contributed by atoms with E-state index in [2.05, 4.69) is 17.0 Å². The molecule has 0 atom stereocenters. The Balaban J connectivity index is 2.40. The van der Waals surface area contributed by atoms with Crippen LogP contribution in [-0.2, 0) is 0 Å². The minimum atomic E-state index is -4.71. The molecule has 0 bridgehead atoms. The normalized spacial score (nSPS) is 11.4. The van der Waals surface area contributed by atoms with E-state index >= 15 is 0 Å². The summed E-state index contributed by atoms with van der Waals surface area (Å²) in [4.78, 5) is 0. The second kappa shape index (κ2) is 7.89. The van der Waals surface area contributed by atoms with Crippen LogP contribution in [0.1, 0.15) is 19.8 Å². The van der Waals surface area contributed by atoms with Crippen molar-refractivity contribution in [2.75, 3.05) is 19.7 Å². The molecular formula is C13H18F3NO2. The summed E-state index contributed by atoms with van der Waals surface area (Å²) in [5.41, 5.74) is 0. The highest BCUT2D eigenvalue weighted by Gasteiger charge is 2.32. The zero-order valence-corrected chi connectivity index (χ0v) is 10.8. The third-order valence-corrected chi connectivity index (χ3v) is 2.32. The van der Waals surface area contributed by atoms with E-state index in [1.165, 1.54) is 18.2 Å². The van der Waals surface area contributed by atoms with E-state index in [1.807, 2.05) is 0 Å². The predicted molar refractivity (Wildman–Crippen MR) is 66.4 cm³/mol. The molecule has 19 heavy (non-hydrogen) atoms. The first kappa shape index (κ1) is 15.6. The molecular weight excluding hydrogens is 259 g/mol. The summed E-state index contributed by atoms with van der Waals surface area (Å²) >= 11 is 0. The van der Waals surface area contributed by atoms with Gasteiger partial charge >= 0.3 is 6.36 Å². The number of para-hydroxylation sites is 2. The van der Waals surface area contributed by atoms with Gasteiger partial charge in [0.25, 0.3) is 0 Å². The highest BCUT2D eigenvalue weighted by atomic mass is 19.4. The average Bonchev–Trinajstić information content (AvgIpc) is 2.33. The summed E-state index contributed by atoms with van der Waals surface area (Å²) in [6.07, 6.45) is -2.55. The Bertz CT molecular complexity index is 369. The lowest BCUT2D eigenvalue weighted by Gasteiger charge is -2.14. The molecule has 0 amide bonds. The van der Waals surface area contributed by atoms with Crippen LogP contribution in [0, 0.1) is 0 Å². The van der Waals surface area contributed by atoms with Crippen LogP contribution in [0.2, 0.25) is 0 Å². The molecule has 1 N–H and O–H groups in total. The number of benzene rings is 1. The van der Waals surface area contributed by atoms with E-state index in [0.717, 1.165) is 19.4 Å². The SMILES string of the molecule is CCCCNCCOc1ccccc1OC(F)(F)F. The molecule has 0 saturated heterocycles. The Morgan fingerprint density at radius 2 is 1.79 bits per heavy atom. The number of alkyl halides is 3. The van der Waals surface area contributed by atoms with Gasteiger partial charge in [-0.15, -0.1) is 13.2 Å². The van der Waals surface area contributed by atoms with Crippen molar-refractivity contribution in [2.24, 2.45) is 0 Å². The zero-order valence-electron chi connectivity index (χ0n) is 10.8. The largest absolute Gasteiger partial charge is 0.573 e. The monoisotopic (exact) mass is 277 g/mol. The molecule has 0 heterocycles. The minimum absolute atomic E-state index is 0.0946. The van der Waals surface area contributed by atoms with E-state index in [9.17, 15) is 13.2 Å². The maximum absolute atomic E-state index is 12.2. The molecule has 3 nitrogen and oxygen atoms in total. The summed E-state index contributed by atoms with van der Waals surface area (Å²) in [5, 5.41) is 3.14. The first-order chi connectivity index (χ1) is 9.03. The van der Waals surface area contributed by atoms with Gasteiger partial charge in [0.2, 0.25) is 0 Å². The number of hydrogen-bond donors (Lipinski definition) is 1. The van der Waals surface area contributed by atoms with Crippen molar-refractivity contribution < 1.29 is 22.6 Å². The van der Waals surface area contributed by atoms with Crippen LogP contribution in [0.4, 0.5) is 13.2 Å². The minimum Gasteiger partial charge on any atom is -0.488 e. The third-order valence-electron chi connectivity index (χ3n) is 2.32. The lowest BCUT2D eigenvalue weighted by atomic mass is 10.3. The Labute approximate surface area is 110 Å². The van der Waals surface area contributed by atoms with Gasteiger partial charge in [-0.2, -0.15) is 0 Å². The number of halogens is 3. The molecule has 1 aromatic rings. The second-order valence-corrected chi connectivity index (χ2v) is 3.95. The number of ether oxygens (including phenoxy) is 2. The Kier molecular flexibility index (Phi) is 6.49. The molecule has 0 saturated carbocycles. The van der Waals surface area contributed by atoms with Crippen LogP contribution in [0.3, 0.4) is 0 Å². The predicted octanol–water partition coefficient (Wildman–Crippen LogP) is 3.35. The fourth-order valence-electron chi connectivity index (χ4n) is 1.44. The van der Waals surface area contributed by atoms with Crippen LogP contribution >= 0.6 is 0 Å². The maximum Gasteiger partial charge on any atom is 0.573 e. The summed E-state index contributed by atoms with van der Waals surface area (Å²) in [7, 11) is 0. The second-order valence-electron chi connectivity index (χ2n) is 3.95. The van der Waals surface area contributed by atoms with Gasteiger partial charge in [0, 0.05) is 6.54 Å². The zero-order chi connectivity index (χ0) is 14.1. The fraction of sp³-hybridized carbons (Fsp3) is 0.538. The first-order valence-corrected chi connectivity index (χ1v) is 6.21. The van der Waals surface area contributed by atoms with Crippen LogP contribution < -0.4 is 14.8 Å². The Hall–Kier alpha value is -1.43. The number of hydrogen-bond acceptors (Lipinski definition) is 3. The van der Waals surface area contributed by atoms with E-state index < -0.39 is 6.36 Å². The number of unbranched alkanes of at least 4 members (excludes halogenated alkanes) is 1. The Morgan fingerprint density at radius 1 is 1.11 bits per heavy atom. The number of nitrogens with one attached hydrogen (secondary N) is 1. The fourth-order valence-corrected chi connectivity index (χ4v) is 1.44. The van der Waals surface area contributed by atoms with E-state index in [4.69, 9.17) is 4.74 Å². The molecule has 0 aliphatic heterocycles. The van der Waals surface area contributed by atoms with Gasteiger partial charge in [-0.25, -0.2) is 0 Å². The smallest absolute Gasteiger partial charge is 0.488 e. The molecule has 0 aliphatic carbocycles. The standard InChI is InChI=1S/C13H18F3NO2/c1-2-3-8-17-9-10-18-11-6-4-5-7-12(11)19-13(14,15)16/h4-7,17H,2-3,8-10H2,1H3. The molecule has 0 aliphatic rings. The van der Waals surface area contributed by atoms with Crippen molar-refractivity contribution in [3.05, 3.63) is 24.3 Å². The van der Waals surface area contributed by atoms with Crippen molar-refractivity contribution in [3.63, 3.8) is 0 Å². The molecule has 0 aromatic heterocycles. The topological polar surface area (TPSA) is 30.5 Å².